The van der Waals surface area contributed by atoms with Crippen LogP contribution in [-0.2, 0) is 6.54 Å². The smallest absolute Gasteiger partial charge is 0.146 e. The van der Waals surface area contributed by atoms with Crippen LogP contribution in [-0.4, -0.2) is 18.6 Å². The predicted molar refractivity (Wildman–Crippen MR) is 76.1 cm³/mol. The number of benzene rings is 1. The van der Waals surface area contributed by atoms with E-state index in [1.807, 2.05) is 31.4 Å². The number of nitrogens with one attached hydrogen (secondary N) is 1. The van der Waals surface area contributed by atoms with Gasteiger partial charge < -0.3 is 10.2 Å². The fourth-order valence-electron chi connectivity index (χ4n) is 1.84. The number of aromatic nitrogens is 1. The first-order chi connectivity index (χ1) is 9.22. The van der Waals surface area contributed by atoms with Crippen LogP contribution in [0.3, 0.4) is 0 Å². The number of halogens is 1. The molecule has 1 aromatic carbocycles. The molecule has 0 fully saturated rings. The molecule has 0 unspecified atom stereocenters. The molecular weight excluding hydrogens is 241 g/mol. The molecule has 0 bridgehead atoms. The molecule has 4 heteroatoms. The summed E-state index contributed by atoms with van der Waals surface area (Å²) in [7, 11) is 1.81. The molecule has 0 amide bonds. The van der Waals surface area contributed by atoms with Gasteiger partial charge in [-0.25, -0.2) is 9.37 Å². The minimum Gasteiger partial charge on any atom is -0.327 e. The molecule has 0 atom stereocenters. The Kier molecular flexibility index (Phi) is 4.47. The molecule has 0 saturated heterocycles. The van der Waals surface area contributed by atoms with Crippen molar-refractivity contribution in [3.63, 3.8) is 0 Å². The maximum absolute atomic E-state index is 13.7. The summed E-state index contributed by atoms with van der Waals surface area (Å²) < 4.78 is 13.7. The predicted octanol–water partition coefficient (Wildman–Crippen LogP) is 3.10. The van der Waals surface area contributed by atoms with Crippen molar-refractivity contribution in [3.05, 3.63) is 54.0 Å². The number of para-hydroxylation sites is 1. The van der Waals surface area contributed by atoms with Crippen molar-refractivity contribution in [2.45, 2.75) is 13.5 Å². The highest BCUT2D eigenvalue weighted by Gasteiger charge is 2.09. The number of hydrogen-bond acceptors (Lipinski definition) is 3. The Morgan fingerprint density at radius 1 is 1.21 bits per heavy atom. The van der Waals surface area contributed by atoms with Gasteiger partial charge in [0.05, 0.1) is 5.69 Å². The van der Waals surface area contributed by atoms with E-state index in [0.717, 1.165) is 24.5 Å². The molecule has 0 radical (unpaired) electrons. The van der Waals surface area contributed by atoms with Gasteiger partial charge in [-0.05, 0) is 30.3 Å². The summed E-state index contributed by atoms with van der Waals surface area (Å²) in [5.74, 6) is 0.480. The van der Waals surface area contributed by atoms with E-state index >= 15 is 0 Å². The van der Waals surface area contributed by atoms with Gasteiger partial charge in [-0.2, -0.15) is 0 Å². The van der Waals surface area contributed by atoms with Gasteiger partial charge in [0.25, 0.3) is 0 Å². The van der Waals surface area contributed by atoms with Crippen LogP contribution < -0.4 is 10.2 Å². The number of anilines is 2. The van der Waals surface area contributed by atoms with Gasteiger partial charge in [-0.1, -0.05) is 25.1 Å². The zero-order valence-electron chi connectivity index (χ0n) is 11.2. The van der Waals surface area contributed by atoms with Crippen LogP contribution in [0, 0.1) is 5.82 Å². The molecule has 100 valence electrons. The van der Waals surface area contributed by atoms with E-state index in [0.29, 0.717) is 5.69 Å². The summed E-state index contributed by atoms with van der Waals surface area (Å²) in [5.41, 5.74) is 1.64. The van der Waals surface area contributed by atoms with Crippen LogP contribution in [0.2, 0.25) is 0 Å². The van der Waals surface area contributed by atoms with Gasteiger partial charge in [-0.3, -0.25) is 0 Å². The van der Waals surface area contributed by atoms with Gasteiger partial charge >= 0.3 is 0 Å². The first-order valence-corrected chi connectivity index (χ1v) is 6.36. The molecule has 2 rings (SSSR count). The lowest BCUT2D eigenvalue weighted by Crippen LogP contribution is -2.14. The molecule has 0 aliphatic rings. The zero-order chi connectivity index (χ0) is 13.7. The van der Waals surface area contributed by atoms with Crippen molar-refractivity contribution in [1.29, 1.82) is 0 Å². The van der Waals surface area contributed by atoms with Crippen molar-refractivity contribution in [2.75, 3.05) is 18.5 Å². The second kappa shape index (κ2) is 6.29. The van der Waals surface area contributed by atoms with Crippen molar-refractivity contribution >= 4 is 11.5 Å². The minimum atomic E-state index is -0.247. The standard InChI is InChI=1S/C15H18FN3/c1-3-17-10-12-8-9-15(18-11-12)19(2)14-7-5-4-6-13(14)16/h4-9,11,17H,3,10H2,1-2H3. The lowest BCUT2D eigenvalue weighted by Gasteiger charge is -2.19. The van der Waals surface area contributed by atoms with E-state index in [1.54, 1.807) is 17.0 Å². The molecular formula is C15H18FN3. The Morgan fingerprint density at radius 2 is 2.00 bits per heavy atom. The molecule has 0 aliphatic heterocycles. The Bertz CT molecular complexity index is 525. The van der Waals surface area contributed by atoms with Crippen LogP contribution in [0.25, 0.3) is 0 Å². The highest BCUT2D eigenvalue weighted by Crippen LogP contribution is 2.24. The normalized spacial score (nSPS) is 10.5. The maximum atomic E-state index is 13.7. The van der Waals surface area contributed by atoms with Crippen molar-refractivity contribution < 1.29 is 4.39 Å². The second-order valence-electron chi connectivity index (χ2n) is 4.32. The topological polar surface area (TPSA) is 28.2 Å². The Balaban J connectivity index is 2.16. The number of hydrogen-bond donors (Lipinski definition) is 1. The van der Waals surface area contributed by atoms with Gasteiger partial charge in [0, 0.05) is 19.8 Å². The Morgan fingerprint density at radius 3 is 2.63 bits per heavy atom. The highest BCUT2D eigenvalue weighted by molar-refractivity contribution is 5.59. The molecule has 0 spiro atoms. The van der Waals surface area contributed by atoms with E-state index in [4.69, 9.17) is 0 Å². The number of rotatable bonds is 5. The summed E-state index contributed by atoms with van der Waals surface area (Å²) in [6.45, 7) is 3.79. The molecule has 3 nitrogen and oxygen atoms in total. The number of pyridine rings is 1. The van der Waals surface area contributed by atoms with Gasteiger partial charge in [-0.15, -0.1) is 0 Å². The van der Waals surface area contributed by atoms with Crippen molar-refractivity contribution in [1.82, 2.24) is 10.3 Å². The van der Waals surface area contributed by atoms with Crippen molar-refractivity contribution in [2.24, 2.45) is 0 Å². The molecule has 1 aromatic heterocycles. The van der Waals surface area contributed by atoms with E-state index in [9.17, 15) is 4.39 Å². The van der Waals surface area contributed by atoms with E-state index in [-0.39, 0.29) is 5.82 Å². The fourth-order valence-corrected chi connectivity index (χ4v) is 1.84. The largest absolute Gasteiger partial charge is 0.327 e. The van der Waals surface area contributed by atoms with E-state index < -0.39 is 0 Å². The van der Waals surface area contributed by atoms with Crippen LogP contribution in [0.4, 0.5) is 15.9 Å². The molecule has 1 heterocycles. The first kappa shape index (κ1) is 13.5. The Labute approximate surface area is 113 Å². The summed E-state index contributed by atoms with van der Waals surface area (Å²) in [4.78, 5) is 6.11. The molecule has 2 aromatic rings. The van der Waals surface area contributed by atoms with E-state index in [2.05, 4.69) is 17.2 Å². The SMILES string of the molecule is CCNCc1ccc(N(C)c2ccccc2F)nc1. The molecule has 1 N–H and O–H groups in total. The fraction of sp³-hybridized carbons (Fsp3) is 0.267. The third-order valence-electron chi connectivity index (χ3n) is 2.95. The molecule has 0 saturated carbocycles. The summed E-state index contributed by atoms with van der Waals surface area (Å²) >= 11 is 0. The third kappa shape index (κ3) is 3.29. The second-order valence-corrected chi connectivity index (χ2v) is 4.32. The average Bonchev–Trinajstić information content (AvgIpc) is 2.45. The lowest BCUT2D eigenvalue weighted by molar-refractivity contribution is 0.627. The lowest BCUT2D eigenvalue weighted by atomic mass is 10.2. The molecule has 19 heavy (non-hydrogen) atoms. The third-order valence-corrected chi connectivity index (χ3v) is 2.95. The van der Waals surface area contributed by atoms with Crippen LogP contribution in [0.15, 0.2) is 42.6 Å². The van der Waals surface area contributed by atoms with Crippen LogP contribution in [0.5, 0.6) is 0 Å². The summed E-state index contributed by atoms with van der Waals surface area (Å²) in [6, 6.07) is 10.6. The first-order valence-electron chi connectivity index (χ1n) is 6.36. The van der Waals surface area contributed by atoms with Gasteiger partial charge in [0.15, 0.2) is 0 Å². The Hall–Kier alpha value is -1.94. The summed E-state index contributed by atoms with van der Waals surface area (Å²) in [6.07, 6.45) is 1.81. The highest BCUT2D eigenvalue weighted by atomic mass is 19.1. The zero-order valence-corrected chi connectivity index (χ0v) is 11.2. The van der Waals surface area contributed by atoms with Crippen LogP contribution in [0.1, 0.15) is 12.5 Å². The van der Waals surface area contributed by atoms with E-state index in [1.165, 1.54) is 6.07 Å². The van der Waals surface area contributed by atoms with Crippen LogP contribution >= 0.6 is 0 Å². The van der Waals surface area contributed by atoms with Crippen molar-refractivity contribution in [3.8, 4) is 0 Å². The minimum absolute atomic E-state index is 0.247. The molecule has 0 aliphatic carbocycles. The summed E-state index contributed by atoms with van der Waals surface area (Å²) in [5, 5.41) is 3.24. The quantitative estimate of drug-likeness (QED) is 0.894. The average molecular weight is 259 g/mol. The maximum Gasteiger partial charge on any atom is 0.146 e. The number of nitrogens with zero attached hydrogens (tertiary/aromatic N) is 2. The van der Waals surface area contributed by atoms with Gasteiger partial charge in [0.2, 0.25) is 0 Å². The monoisotopic (exact) mass is 259 g/mol. The van der Waals surface area contributed by atoms with Gasteiger partial charge in [0.1, 0.15) is 11.6 Å².